The molecule has 0 atom stereocenters. The van der Waals surface area contributed by atoms with Crippen LogP contribution in [0, 0.1) is 6.92 Å². The Bertz CT molecular complexity index is 1020. The zero-order valence-electron chi connectivity index (χ0n) is 17.6. The van der Waals surface area contributed by atoms with Crippen LogP contribution in [0.1, 0.15) is 16.7 Å². The van der Waals surface area contributed by atoms with Crippen LogP contribution in [0.5, 0.6) is 11.5 Å². The van der Waals surface area contributed by atoms with Gasteiger partial charge in [-0.3, -0.25) is 19.3 Å². The number of rotatable bonds is 8. The molecule has 31 heavy (non-hydrogen) atoms. The van der Waals surface area contributed by atoms with Crippen LogP contribution in [0.3, 0.4) is 0 Å². The summed E-state index contributed by atoms with van der Waals surface area (Å²) < 4.78 is 10.4. The van der Waals surface area contributed by atoms with Gasteiger partial charge in [-0.25, -0.2) is 0 Å². The molecule has 2 aromatic rings. The average molecular weight is 441 g/mol. The van der Waals surface area contributed by atoms with Crippen LogP contribution in [0.25, 0.3) is 6.08 Å². The summed E-state index contributed by atoms with van der Waals surface area (Å²) in [6, 6.07) is 13.0. The molecule has 1 saturated heterocycles. The lowest BCUT2D eigenvalue weighted by Crippen LogP contribution is -2.37. The molecule has 0 unspecified atom stereocenters. The van der Waals surface area contributed by atoms with Crippen molar-refractivity contribution in [1.29, 1.82) is 0 Å². The molecule has 3 amide bonds. The predicted octanol–water partition coefficient (Wildman–Crippen LogP) is 3.41. The van der Waals surface area contributed by atoms with E-state index in [9.17, 15) is 14.4 Å². The van der Waals surface area contributed by atoms with Crippen LogP contribution in [-0.2, 0) is 16.0 Å². The van der Waals surface area contributed by atoms with E-state index in [4.69, 9.17) is 9.47 Å². The first-order chi connectivity index (χ1) is 14.9. The molecule has 0 aromatic heterocycles. The Morgan fingerprint density at radius 3 is 2.45 bits per heavy atom. The molecule has 0 aliphatic carbocycles. The molecule has 1 heterocycles. The van der Waals surface area contributed by atoms with Gasteiger partial charge in [-0.05, 0) is 48.0 Å². The van der Waals surface area contributed by atoms with Gasteiger partial charge < -0.3 is 14.8 Å². The van der Waals surface area contributed by atoms with Gasteiger partial charge in [0.15, 0.2) is 11.5 Å². The number of ether oxygens (including phenoxy) is 2. The number of amides is 3. The number of benzene rings is 2. The minimum absolute atomic E-state index is 0.119. The van der Waals surface area contributed by atoms with Gasteiger partial charge in [0.05, 0.1) is 25.5 Å². The number of thioether (sulfide) groups is 1. The van der Waals surface area contributed by atoms with Crippen LogP contribution in [0.2, 0.25) is 0 Å². The molecule has 162 valence electrons. The summed E-state index contributed by atoms with van der Waals surface area (Å²) in [5.41, 5.74) is 2.75. The van der Waals surface area contributed by atoms with E-state index in [0.717, 1.165) is 33.4 Å². The zero-order chi connectivity index (χ0) is 22.4. The second-order valence-corrected chi connectivity index (χ2v) is 7.95. The van der Waals surface area contributed by atoms with Gasteiger partial charge in [0.25, 0.3) is 11.1 Å². The first-order valence-electron chi connectivity index (χ1n) is 9.71. The number of imide groups is 1. The van der Waals surface area contributed by atoms with Crippen molar-refractivity contribution < 1.29 is 23.9 Å². The number of carbonyl (C=O) groups excluding carboxylic acids is 3. The molecular formula is C23H24N2O5S. The van der Waals surface area contributed by atoms with Gasteiger partial charge in [-0.1, -0.05) is 35.9 Å². The lowest BCUT2D eigenvalue weighted by molar-refractivity contribution is -0.124. The Balaban J connectivity index is 1.53. The molecule has 1 aliphatic heterocycles. The fraction of sp³-hybridized carbons (Fsp3) is 0.261. The molecule has 2 aromatic carbocycles. The number of methoxy groups -OCH3 is 2. The molecule has 3 rings (SSSR count). The SMILES string of the molecule is COc1ccc(CC(=O)NCCN2C(=O)S/C(=C\c3ccc(C)cc3)C2=O)cc1OC. The van der Waals surface area contributed by atoms with E-state index in [-0.39, 0.29) is 36.6 Å². The van der Waals surface area contributed by atoms with Crippen molar-refractivity contribution in [3.05, 3.63) is 64.1 Å². The van der Waals surface area contributed by atoms with Crippen LogP contribution in [0.4, 0.5) is 4.79 Å². The molecule has 8 heteroatoms. The molecule has 0 radical (unpaired) electrons. The van der Waals surface area contributed by atoms with E-state index >= 15 is 0 Å². The highest BCUT2D eigenvalue weighted by Crippen LogP contribution is 2.32. The van der Waals surface area contributed by atoms with Crippen molar-refractivity contribution in [2.24, 2.45) is 0 Å². The summed E-state index contributed by atoms with van der Waals surface area (Å²) in [5, 5.41) is 2.41. The van der Waals surface area contributed by atoms with Crippen molar-refractivity contribution >= 4 is 34.9 Å². The standard InChI is InChI=1S/C23H24N2O5S/c1-15-4-6-16(7-5-15)13-20-22(27)25(23(28)31-20)11-10-24-21(26)14-17-8-9-18(29-2)19(12-17)30-3/h4-9,12-13H,10-11,14H2,1-3H3,(H,24,26)/b20-13-. The highest BCUT2D eigenvalue weighted by Gasteiger charge is 2.34. The Hall–Kier alpha value is -3.26. The largest absolute Gasteiger partial charge is 0.493 e. The molecule has 1 N–H and O–H groups in total. The van der Waals surface area contributed by atoms with Crippen molar-refractivity contribution in [3.8, 4) is 11.5 Å². The van der Waals surface area contributed by atoms with E-state index in [1.165, 1.54) is 7.11 Å². The molecule has 7 nitrogen and oxygen atoms in total. The van der Waals surface area contributed by atoms with Gasteiger partial charge in [-0.15, -0.1) is 0 Å². The Labute approximate surface area is 185 Å². The van der Waals surface area contributed by atoms with Crippen LogP contribution < -0.4 is 14.8 Å². The number of nitrogens with zero attached hydrogens (tertiary/aromatic N) is 1. The smallest absolute Gasteiger partial charge is 0.293 e. The Morgan fingerprint density at radius 2 is 1.77 bits per heavy atom. The van der Waals surface area contributed by atoms with Gasteiger partial charge in [-0.2, -0.15) is 0 Å². The van der Waals surface area contributed by atoms with E-state index in [1.54, 1.807) is 31.4 Å². The van der Waals surface area contributed by atoms with E-state index in [1.807, 2.05) is 31.2 Å². The Kier molecular flexibility index (Phi) is 7.36. The minimum Gasteiger partial charge on any atom is -0.493 e. The predicted molar refractivity (Wildman–Crippen MR) is 120 cm³/mol. The monoisotopic (exact) mass is 440 g/mol. The third-order valence-electron chi connectivity index (χ3n) is 4.72. The number of hydrogen-bond donors (Lipinski definition) is 1. The van der Waals surface area contributed by atoms with Crippen molar-refractivity contribution in [2.75, 3.05) is 27.3 Å². The maximum absolute atomic E-state index is 12.6. The summed E-state index contributed by atoms with van der Waals surface area (Å²) in [6.45, 7) is 2.28. The second-order valence-electron chi connectivity index (χ2n) is 6.96. The van der Waals surface area contributed by atoms with Gasteiger partial charge in [0.1, 0.15) is 0 Å². The summed E-state index contributed by atoms with van der Waals surface area (Å²) in [4.78, 5) is 38.6. The average Bonchev–Trinajstić information content (AvgIpc) is 3.02. The first-order valence-corrected chi connectivity index (χ1v) is 10.5. The third kappa shape index (κ3) is 5.67. The maximum Gasteiger partial charge on any atom is 0.293 e. The lowest BCUT2D eigenvalue weighted by Gasteiger charge is -2.13. The molecule has 1 fully saturated rings. The molecule has 1 aliphatic rings. The summed E-state index contributed by atoms with van der Waals surface area (Å²) in [7, 11) is 3.08. The quantitative estimate of drug-likeness (QED) is 0.634. The number of hydrogen-bond acceptors (Lipinski definition) is 6. The summed E-state index contributed by atoms with van der Waals surface area (Å²) >= 11 is 0.910. The maximum atomic E-state index is 12.6. The molecule has 0 bridgehead atoms. The van der Waals surface area contributed by atoms with Crippen molar-refractivity contribution in [2.45, 2.75) is 13.3 Å². The molecule has 0 spiro atoms. The number of nitrogens with one attached hydrogen (secondary N) is 1. The Morgan fingerprint density at radius 1 is 1.06 bits per heavy atom. The van der Waals surface area contributed by atoms with Crippen molar-refractivity contribution in [1.82, 2.24) is 10.2 Å². The van der Waals surface area contributed by atoms with Crippen LogP contribution in [0.15, 0.2) is 47.4 Å². The van der Waals surface area contributed by atoms with Crippen LogP contribution in [-0.4, -0.2) is 49.3 Å². The molecule has 0 saturated carbocycles. The number of carbonyl (C=O) groups is 3. The van der Waals surface area contributed by atoms with Crippen molar-refractivity contribution in [3.63, 3.8) is 0 Å². The van der Waals surface area contributed by atoms with Crippen LogP contribution >= 0.6 is 11.8 Å². The summed E-state index contributed by atoms with van der Waals surface area (Å²) in [6.07, 6.45) is 1.86. The number of aryl methyl sites for hydroxylation is 1. The normalized spacial score (nSPS) is 14.8. The van der Waals surface area contributed by atoms with Gasteiger partial charge in [0.2, 0.25) is 5.91 Å². The van der Waals surface area contributed by atoms with Gasteiger partial charge >= 0.3 is 0 Å². The van der Waals surface area contributed by atoms with E-state index in [0.29, 0.717) is 16.4 Å². The van der Waals surface area contributed by atoms with Gasteiger partial charge in [0, 0.05) is 13.1 Å². The first kappa shape index (κ1) is 22.4. The topological polar surface area (TPSA) is 84.9 Å². The third-order valence-corrected chi connectivity index (χ3v) is 5.63. The zero-order valence-corrected chi connectivity index (χ0v) is 18.5. The lowest BCUT2D eigenvalue weighted by atomic mass is 10.1. The van der Waals surface area contributed by atoms with E-state index in [2.05, 4.69) is 5.32 Å². The fourth-order valence-corrected chi connectivity index (χ4v) is 3.92. The van der Waals surface area contributed by atoms with E-state index < -0.39 is 0 Å². The fourth-order valence-electron chi connectivity index (χ4n) is 3.05. The molecular weight excluding hydrogens is 416 g/mol. The highest BCUT2D eigenvalue weighted by atomic mass is 32.2. The second kappa shape index (κ2) is 10.2. The summed E-state index contributed by atoms with van der Waals surface area (Å²) in [5.74, 6) is 0.579. The minimum atomic E-state index is -0.343. The highest BCUT2D eigenvalue weighted by molar-refractivity contribution is 8.18.